The van der Waals surface area contributed by atoms with Gasteiger partial charge in [0.15, 0.2) is 0 Å². The van der Waals surface area contributed by atoms with Crippen LogP contribution in [0.25, 0.3) is 0 Å². The Balaban J connectivity index is 2.90. The van der Waals surface area contributed by atoms with Crippen LogP contribution in [0.3, 0.4) is 0 Å². The number of hydrogen-bond acceptors (Lipinski definition) is 4. The number of anilines is 1. The number of hydrogen-bond donors (Lipinski definition) is 1. The zero-order valence-electron chi connectivity index (χ0n) is 8.42. The van der Waals surface area contributed by atoms with Gasteiger partial charge < -0.3 is 10.1 Å². The predicted octanol–water partition coefficient (Wildman–Crippen LogP) is 3.36. The molecule has 0 unspecified atom stereocenters. The van der Waals surface area contributed by atoms with E-state index >= 15 is 0 Å². The molecule has 0 atom stereocenters. The van der Waals surface area contributed by atoms with Crippen LogP contribution in [0, 0.1) is 0 Å². The summed E-state index contributed by atoms with van der Waals surface area (Å²) in [5, 5.41) is 3.67. The fraction of sp³-hybridized carbons (Fsp3) is 0.111. The van der Waals surface area contributed by atoms with Gasteiger partial charge in [-0.25, -0.2) is 4.79 Å². The molecule has 8 heteroatoms. The number of halogens is 3. The van der Waals surface area contributed by atoms with Gasteiger partial charge in [0.1, 0.15) is 14.4 Å². The average Bonchev–Trinajstić information content (AvgIpc) is 2.74. The topological polar surface area (TPSA) is 55.4 Å². The smallest absolute Gasteiger partial charge is 0.350 e. The quantitative estimate of drug-likeness (QED) is 0.687. The Morgan fingerprint density at radius 2 is 2.00 bits per heavy atom. The third-order valence-electron chi connectivity index (χ3n) is 1.65. The molecule has 0 spiro atoms. The fourth-order valence-corrected chi connectivity index (χ4v) is 1.91. The third kappa shape index (κ3) is 3.61. The maximum atomic E-state index is 11.5. The summed E-state index contributed by atoms with van der Waals surface area (Å²) in [4.78, 5) is 23.1. The molecule has 0 saturated carbocycles. The number of nitrogens with one attached hydrogen (secondary N) is 1. The largest absolute Gasteiger partial charge is 0.465 e. The Morgan fingerprint density at radius 3 is 2.53 bits per heavy atom. The summed E-state index contributed by atoms with van der Waals surface area (Å²) in [7, 11) is 1.25. The van der Waals surface area contributed by atoms with E-state index in [0.717, 1.165) is 11.3 Å². The first-order valence-electron chi connectivity index (χ1n) is 4.15. The zero-order valence-corrected chi connectivity index (χ0v) is 11.5. The van der Waals surface area contributed by atoms with Gasteiger partial charge in [-0.3, -0.25) is 4.79 Å². The van der Waals surface area contributed by atoms with E-state index < -0.39 is 11.9 Å². The summed E-state index contributed by atoms with van der Waals surface area (Å²) in [5.74, 6) is -1.25. The van der Waals surface area contributed by atoms with Gasteiger partial charge in [-0.2, -0.15) is 0 Å². The van der Waals surface area contributed by atoms with Crippen LogP contribution in [0.4, 0.5) is 5.69 Å². The van der Waals surface area contributed by atoms with Gasteiger partial charge in [-0.05, 0) is 11.4 Å². The molecule has 0 saturated heterocycles. The molecule has 0 radical (unpaired) electrons. The summed E-state index contributed by atoms with van der Waals surface area (Å²) in [6, 6.07) is 1.54. The Labute approximate surface area is 116 Å². The van der Waals surface area contributed by atoms with Crippen LogP contribution in [0.1, 0.15) is 9.67 Å². The van der Waals surface area contributed by atoms with Gasteiger partial charge in [0.2, 0.25) is 0 Å². The molecule has 0 aliphatic heterocycles. The lowest BCUT2D eigenvalue weighted by Gasteiger charge is -2.04. The zero-order chi connectivity index (χ0) is 13.0. The van der Waals surface area contributed by atoms with E-state index in [0.29, 0.717) is 5.69 Å². The van der Waals surface area contributed by atoms with E-state index in [9.17, 15) is 9.59 Å². The minimum absolute atomic E-state index is 0.260. The summed E-state index contributed by atoms with van der Waals surface area (Å²) in [5.41, 5.74) is 0.291. The summed E-state index contributed by atoms with van der Waals surface area (Å²) in [6.07, 6.45) is 0. The lowest BCUT2D eigenvalue weighted by atomic mass is 10.3. The molecule has 0 bridgehead atoms. The number of esters is 1. The molecule has 1 heterocycles. The Kier molecular flexibility index (Phi) is 5.27. The molecule has 1 aromatic heterocycles. The Hall–Kier alpha value is -0.750. The maximum absolute atomic E-state index is 11.5. The van der Waals surface area contributed by atoms with Crippen molar-refractivity contribution in [3.05, 3.63) is 25.8 Å². The normalized spacial score (nSPS) is 9.65. The minimum atomic E-state index is -0.699. The van der Waals surface area contributed by atoms with Crippen molar-refractivity contribution in [2.24, 2.45) is 0 Å². The number of thiophene rings is 1. The van der Waals surface area contributed by atoms with Gasteiger partial charge in [-0.15, -0.1) is 11.3 Å². The average molecular weight is 315 g/mol. The lowest BCUT2D eigenvalue weighted by Crippen LogP contribution is -2.14. The van der Waals surface area contributed by atoms with Gasteiger partial charge in [0.25, 0.3) is 5.91 Å². The molecule has 4 nitrogen and oxygen atoms in total. The van der Waals surface area contributed by atoms with Crippen LogP contribution in [0.5, 0.6) is 0 Å². The van der Waals surface area contributed by atoms with Crippen LogP contribution in [-0.2, 0) is 9.53 Å². The SMILES string of the molecule is COC(=O)c1sccc1NC(=O)C(Cl)=C(Cl)Cl. The first-order valence-corrected chi connectivity index (χ1v) is 6.16. The molecule has 1 N–H and O–H groups in total. The number of methoxy groups -OCH3 is 1. The lowest BCUT2D eigenvalue weighted by molar-refractivity contribution is -0.112. The molecule has 92 valence electrons. The molecule has 1 amide bonds. The van der Waals surface area contributed by atoms with Crippen molar-refractivity contribution < 1.29 is 14.3 Å². The number of carbonyl (C=O) groups is 2. The van der Waals surface area contributed by atoms with E-state index in [4.69, 9.17) is 34.8 Å². The van der Waals surface area contributed by atoms with Gasteiger partial charge >= 0.3 is 5.97 Å². The monoisotopic (exact) mass is 313 g/mol. The van der Waals surface area contributed by atoms with Gasteiger partial charge in [-0.1, -0.05) is 34.8 Å². The van der Waals surface area contributed by atoms with Crippen molar-refractivity contribution >= 4 is 63.7 Å². The molecule has 1 aromatic rings. The molecule has 0 aliphatic carbocycles. The van der Waals surface area contributed by atoms with Crippen molar-refractivity contribution in [1.29, 1.82) is 0 Å². The van der Waals surface area contributed by atoms with E-state index in [1.807, 2.05) is 0 Å². The first-order chi connectivity index (χ1) is 7.97. The number of rotatable bonds is 3. The molecular weight excluding hydrogens is 309 g/mol. The van der Waals surface area contributed by atoms with Crippen LogP contribution in [-0.4, -0.2) is 19.0 Å². The van der Waals surface area contributed by atoms with E-state index in [-0.39, 0.29) is 14.4 Å². The standard InChI is InChI=1S/C9H6Cl3NO3S/c1-16-9(15)6-4(2-3-17-6)13-8(14)5(10)7(11)12/h2-3H,1H3,(H,13,14). The Morgan fingerprint density at radius 1 is 1.35 bits per heavy atom. The minimum Gasteiger partial charge on any atom is -0.465 e. The predicted molar refractivity (Wildman–Crippen MR) is 68.9 cm³/mol. The number of amides is 1. The fourth-order valence-electron chi connectivity index (χ4n) is 0.921. The van der Waals surface area contributed by atoms with Gasteiger partial charge in [0, 0.05) is 0 Å². The van der Waals surface area contributed by atoms with Crippen molar-refractivity contribution in [2.75, 3.05) is 12.4 Å². The molecule has 0 fully saturated rings. The van der Waals surface area contributed by atoms with E-state index in [1.54, 1.807) is 11.4 Å². The van der Waals surface area contributed by atoms with Crippen LogP contribution in [0.15, 0.2) is 21.0 Å². The molecular formula is C9H6Cl3NO3S. The highest BCUT2D eigenvalue weighted by Crippen LogP contribution is 2.25. The second-order valence-corrected chi connectivity index (χ2v) is 4.93. The number of ether oxygens (including phenoxy) is 1. The van der Waals surface area contributed by atoms with Crippen molar-refractivity contribution in [3.8, 4) is 0 Å². The molecule has 0 aromatic carbocycles. The summed E-state index contributed by atoms with van der Waals surface area (Å²) < 4.78 is 4.20. The molecule has 0 aliphatic rings. The highest BCUT2D eigenvalue weighted by molar-refractivity contribution is 7.12. The molecule has 17 heavy (non-hydrogen) atoms. The number of carbonyl (C=O) groups excluding carboxylic acids is 2. The van der Waals surface area contributed by atoms with Crippen molar-refractivity contribution in [3.63, 3.8) is 0 Å². The first kappa shape index (κ1) is 14.3. The summed E-state index contributed by atoms with van der Waals surface area (Å²) in [6.45, 7) is 0. The second kappa shape index (κ2) is 6.26. The highest BCUT2D eigenvalue weighted by atomic mass is 35.5. The Bertz CT molecular complexity index is 480. The van der Waals surface area contributed by atoms with Gasteiger partial charge in [0.05, 0.1) is 12.8 Å². The molecule has 1 rings (SSSR count). The van der Waals surface area contributed by atoms with Crippen molar-refractivity contribution in [1.82, 2.24) is 0 Å². The summed E-state index contributed by atoms with van der Waals surface area (Å²) >= 11 is 17.4. The van der Waals surface area contributed by atoms with Crippen LogP contribution in [0.2, 0.25) is 0 Å². The van der Waals surface area contributed by atoms with E-state index in [2.05, 4.69) is 10.1 Å². The highest BCUT2D eigenvalue weighted by Gasteiger charge is 2.17. The maximum Gasteiger partial charge on any atom is 0.350 e. The van der Waals surface area contributed by atoms with Crippen LogP contribution < -0.4 is 5.32 Å². The van der Waals surface area contributed by atoms with Crippen molar-refractivity contribution in [2.45, 2.75) is 0 Å². The second-order valence-electron chi connectivity index (χ2n) is 2.68. The van der Waals surface area contributed by atoms with Crippen LogP contribution >= 0.6 is 46.1 Å². The third-order valence-corrected chi connectivity index (χ3v) is 3.48. The van der Waals surface area contributed by atoms with E-state index in [1.165, 1.54) is 7.11 Å².